The summed E-state index contributed by atoms with van der Waals surface area (Å²) in [4.78, 5) is 7.09. The summed E-state index contributed by atoms with van der Waals surface area (Å²) in [6.45, 7) is 4.25. The molecule has 108 valence electrons. The molecule has 1 unspecified atom stereocenters. The summed E-state index contributed by atoms with van der Waals surface area (Å²) in [6.07, 6.45) is 2.56. The number of nitrogens with zero attached hydrogens (tertiary/aromatic N) is 2. The number of hydrogen-bond acceptors (Lipinski definition) is 4. The van der Waals surface area contributed by atoms with Crippen molar-refractivity contribution in [1.29, 1.82) is 0 Å². The molecule has 5 heteroatoms. The largest absolute Gasteiger partial charge is 0.319 e. The Bertz CT molecular complexity index is 582. The molecule has 1 atom stereocenters. The Labute approximate surface area is 122 Å². The average molecular weight is 293 g/mol. The highest BCUT2D eigenvalue weighted by molar-refractivity contribution is 7.18. The van der Waals surface area contributed by atoms with Gasteiger partial charge in [0.25, 0.3) is 0 Å². The van der Waals surface area contributed by atoms with Gasteiger partial charge in [0.2, 0.25) is 0 Å². The standard InChI is InChI=1S/C15H20FN3S/c1-17-8-11-3-2-6-19(9-11)10-15-18-13-5-4-12(16)7-14(13)20-15/h4-5,7,11,17H,2-3,6,8-10H2,1H3. The molecule has 20 heavy (non-hydrogen) atoms. The van der Waals surface area contributed by atoms with Crippen LogP contribution in [0.25, 0.3) is 10.2 Å². The molecule has 0 amide bonds. The minimum Gasteiger partial charge on any atom is -0.319 e. The first-order valence-corrected chi connectivity index (χ1v) is 7.98. The summed E-state index contributed by atoms with van der Waals surface area (Å²) in [5, 5.41) is 4.36. The molecule has 1 N–H and O–H groups in total. The highest BCUT2D eigenvalue weighted by atomic mass is 32.1. The monoisotopic (exact) mass is 293 g/mol. The van der Waals surface area contributed by atoms with E-state index in [2.05, 4.69) is 15.2 Å². The van der Waals surface area contributed by atoms with Gasteiger partial charge in [0, 0.05) is 6.54 Å². The summed E-state index contributed by atoms with van der Waals surface area (Å²) in [5.74, 6) is 0.556. The van der Waals surface area contributed by atoms with Crippen molar-refractivity contribution < 1.29 is 4.39 Å². The molecule has 1 fully saturated rings. The summed E-state index contributed by atoms with van der Waals surface area (Å²) in [5.41, 5.74) is 0.912. The van der Waals surface area contributed by atoms with Gasteiger partial charge in [-0.25, -0.2) is 9.37 Å². The number of aromatic nitrogens is 1. The Hall–Kier alpha value is -1.04. The summed E-state index contributed by atoms with van der Waals surface area (Å²) >= 11 is 1.61. The Kier molecular flexibility index (Phi) is 4.29. The third-order valence-electron chi connectivity index (χ3n) is 3.85. The number of hydrogen-bond donors (Lipinski definition) is 1. The van der Waals surface area contributed by atoms with Gasteiger partial charge in [-0.3, -0.25) is 4.90 Å². The average Bonchev–Trinajstić information content (AvgIpc) is 2.81. The number of likely N-dealkylation sites (tertiary alicyclic amines) is 1. The number of rotatable bonds is 4. The van der Waals surface area contributed by atoms with Crippen LogP contribution < -0.4 is 5.32 Å². The van der Waals surface area contributed by atoms with E-state index in [0.29, 0.717) is 0 Å². The number of benzene rings is 1. The molecule has 3 rings (SSSR count). The fourth-order valence-corrected chi connectivity index (χ4v) is 3.99. The molecule has 0 spiro atoms. The molecule has 0 bridgehead atoms. The molecule has 2 aromatic rings. The van der Waals surface area contributed by atoms with Crippen LogP contribution in [0.15, 0.2) is 18.2 Å². The zero-order chi connectivity index (χ0) is 13.9. The number of fused-ring (bicyclic) bond motifs is 1. The summed E-state index contributed by atoms with van der Waals surface area (Å²) in [7, 11) is 2.01. The van der Waals surface area contributed by atoms with Crippen LogP contribution in [0.1, 0.15) is 17.8 Å². The van der Waals surface area contributed by atoms with E-state index < -0.39 is 0 Å². The van der Waals surface area contributed by atoms with Crippen molar-refractivity contribution in [3.8, 4) is 0 Å². The van der Waals surface area contributed by atoms with E-state index in [1.165, 1.54) is 18.9 Å². The predicted octanol–water partition coefficient (Wildman–Crippen LogP) is 2.87. The fraction of sp³-hybridized carbons (Fsp3) is 0.533. The third kappa shape index (κ3) is 3.16. The van der Waals surface area contributed by atoms with E-state index in [-0.39, 0.29) is 5.82 Å². The number of piperidine rings is 1. The fourth-order valence-electron chi connectivity index (χ4n) is 2.96. The lowest BCUT2D eigenvalue weighted by Gasteiger charge is -2.31. The molecule has 1 aromatic carbocycles. The maximum atomic E-state index is 13.2. The Morgan fingerprint density at radius 1 is 1.50 bits per heavy atom. The van der Waals surface area contributed by atoms with Gasteiger partial charge in [0.15, 0.2) is 0 Å². The molecule has 2 heterocycles. The van der Waals surface area contributed by atoms with Gasteiger partial charge in [0.1, 0.15) is 10.8 Å². The van der Waals surface area contributed by atoms with Crippen molar-refractivity contribution in [2.45, 2.75) is 19.4 Å². The maximum absolute atomic E-state index is 13.2. The molecule has 0 aliphatic carbocycles. The lowest BCUT2D eigenvalue weighted by Crippen LogP contribution is -2.38. The van der Waals surface area contributed by atoms with Gasteiger partial charge in [-0.2, -0.15) is 0 Å². The topological polar surface area (TPSA) is 28.2 Å². The van der Waals surface area contributed by atoms with Crippen LogP contribution in [-0.4, -0.2) is 36.6 Å². The van der Waals surface area contributed by atoms with Gasteiger partial charge in [-0.05, 0) is 57.1 Å². The van der Waals surface area contributed by atoms with E-state index in [0.717, 1.165) is 47.3 Å². The quantitative estimate of drug-likeness (QED) is 0.939. The third-order valence-corrected chi connectivity index (χ3v) is 4.85. The first-order valence-electron chi connectivity index (χ1n) is 7.16. The normalized spacial score (nSPS) is 20.6. The zero-order valence-electron chi connectivity index (χ0n) is 11.7. The highest BCUT2D eigenvalue weighted by Gasteiger charge is 2.20. The van der Waals surface area contributed by atoms with Crippen molar-refractivity contribution in [3.05, 3.63) is 29.0 Å². The van der Waals surface area contributed by atoms with Crippen LogP contribution in [0.2, 0.25) is 0 Å². The van der Waals surface area contributed by atoms with E-state index in [9.17, 15) is 4.39 Å². The zero-order valence-corrected chi connectivity index (χ0v) is 12.5. The van der Waals surface area contributed by atoms with Crippen LogP contribution in [0.4, 0.5) is 4.39 Å². The molecular weight excluding hydrogens is 273 g/mol. The first-order chi connectivity index (χ1) is 9.74. The lowest BCUT2D eigenvalue weighted by molar-refractivity contribution is 0.167. The van der Waals surface area contributed by atoms with Crippen molar-refractivity contribution in [2.24, 2.45) is 5.92 Å². The molecule has 3 nitrogen and oxygen atoms in total. The van der Waals surface area contributed by atoms with E-state index in [1.807, 2.05) is 7.05 Å². The van der Waals surface area contributed by atoms with E-state index >= 15 is 0 Å². The smallest absolute Gasteiger partial charge is 0.124 e. The predicted molar refractivity (Wildman–Crippen MR) is 81.5 cm³/mol. The minimum atomic E-state index is -0.181. The first kappa shape index (κ1) is 13.9. The molecule has 0 saturated carbocycles. The van der Waals surface area contributed by atoms with Crippen LogP contribution in [0.3, 0.4) is 0 Å². The Balaban J connectivity index is 1.69. The Morgan fingerprint density at radius 2 is 2.40 bits per heavy atom. The van der Waals surface area contributed by atoms with Gasteiger partial charge < -0.3 is 5.32 Å². The second-order valence-electron chi connectivity index (χ2n) is 5.52. The van der Waals surface area contributed by atoms with Gasteiger partial charge in [-0.1, -0.05) is 0 Å². The highest BCUT2D eigenvalue weighted by Crippen LogP contribution is 2.25. The summed E-state index contributed by atoms with van der Waals surface area (Å²) in [6, 6.07) is 4.83. The van der Waals surface area contributed by atoms with Crippen molar-refractivity contribution in [2.75, 3.05) is 26.7 Å². The maximum Gasteiger partial charge on any atom is 0.124 e. The number of thiazole rings is 1. The molecular formula is C15H20FN3S. The number of nitrogens with one attached hydrogen (secondary N) is 1. The molecule has 0 radical (unpaired) electrons. The van der Waals surface area contributed by atoms with Crippen LogP contribution in [0, 0.1) is 11.7 Å². The van der Waals surface area contributed by atoms with Gasteiger partial charge in [-0.15, -0.1) is 11.3 Å². The molecule has 1 aromatic heterocycles. The van der Waals surface area contributed by atoms with Crippen LogP contribution >= 0.6 is 11.3 Å². The van der Waals surface area contributed by atoms with E-state index in [4.69, 9.17) is 0 Å². The van der Waals surface area contributed by atoms with E-state index in [1.54, 1.807) is 23.5 Å². The van der Waals surface area contributed by atoms with Gasteiger partial charge >= 0.3 is 0 Å². The van der Waals surface area contributed by atoms with Crippen LogP contribution in [-0.2, 0) is 6.54 Å². The van der Waals surface area contributed by atoms with Crippen molar-refractivity contribution >= 4 is 21.6 Å². The minimum absolute atomic E-state index is 0.181. The SMILES string of the molecule is CNCC1CCCN(Cc2nc3ccc(F)cc3s2)C1. The van der Waals surface area contributed by atoms with Crippen molar-refractivity contribution in [1.82, 2.24) is 15.2 Å². The van der Waals surface area contributed by atoms with Crippen LogP contribution in [0.5, 0.6) is 0 Å². The number of halogens is 1. The van der Waals surface area contributed by atoms with Crippen molar-refractivity contribution in [3.63, 3.8) is 0 Å². The Morgan fingerprint density at radius 3 is 3.25 bits per heavy atom. The summed E-state index contributed by atoms with van der Waals surface area (Å²) < 4.78 is 14.1. The van der Waals surface area contributed by atoms with Gasteiger partial charge in [0.05, 0.1) is 16.8 Å². The molecule has 1 aliphatic rings. The second kappa shape index (κ2) is 6.16. The molecule has 1 aliphatic heterocycles. The second-order valence-corrected chi connectivity index (χ2v) is 6.64. The lowest BCUT2D eigenvalue weighted by atomic mass is 9.98. The molecule has 1 saturated heterocycles.